The van der Waals surface area contributed by atoms with Crippen molar-refractivity contribution in [3.8, 4) is 0 Å². The lowest BCUT2D eigenvalue weighted by molar-refractivity contribution is 0.593. The van der Waals surface area contributed by atoms with Gasteiger partial charge < -0.3 is 9.88 Å². The van der Waals surface area contributed by atoms with Crippen LogP contribution in [0.4, 0.5) is 0 Å². The van der Waals surface area contributed by atoms with Gasteiger partial charge in [0.15, 0.2) is 0 Å². The first-order valence-electron chi connectivity index (χ1n) is 7.91. The Morgan fingerprint density at radius 2 is 1.90 bits per heavy atom. The van der Waals surface area contributed by atoms with E-state index in [4.69, 9.17) is 0 Å². The number of nitrogens with zero attached hydrogens (tertiary/aromatic N) is 2. The molecule has 0 amide bonds. The average Bonchev–Trinajstić information content (AvgIpc) is 3.13. The maximum absolute atomic E-state index is 4.51. The third-order valence-electron chi connectivity index (χ3n) is 4.38. The first kappa shape index (κ1) is 14.3. The molecule has 1 heterocycles. The fourth-order valence-electron chi connectivity index (χ4n) is 2.99. The van der Waals surface area contributed by atoms with Crippen LogP contribution in [-0.4, -0.2) is 16.1 Å². The smallest absolute Gasteiger partial charge is 0.122 e. The van der Waals surface area contributed by atoms with E-state index in [9.17, 15) is 0 Å². The van der Waals surface area contributed by atoms with Crippen LogP contribution in [0, 0.1) is 26.7 Å². The van der Waals surface area contributed by atoms with E-state index in [1.807, 2.05) is 6.20 Å². The maximum atomic E-state index is 4.51. The number of imidazole rings is 1. The second kappa shape index (κ2) is 6.02. The molecule has 0 saturated heterocycles. The zero-order valence-electron chi connectivity index (χ0n) is 13.3. The summed E-state index contributed by atoms with van der Waals surface area (Å²) in [4.78, 5) is 4.51. The third kappa shape index (κ3) is 3.53. The monoisotopic (exact) mass is 283 g/mol. The Balaban J connectivity index is 1.71. The fourth-order valence-corrected chi connectivity index (χ4v) is 2.99. The van der Waals surface area contributed by atoms with Crippen molar-refractivity contribution in [3.63, 3.8) is 0 Å². The first-order chi connectivity index (χ1) is 10.1. The van der Waals surface area contributed by atoms with Crippen LogP contribution in [0.25, 0.3) is 0 Å². The number of hydrogen-bond acceptors (Lipinski definition) is 2. The molecule has 3 heteroatoms. The van der Waals surface area contributed by atoms with Crippen molar-refractivity contribution in [2.75, 3.05) is 6.54 Å². The summed E-state index contributed by atoms with van der Waals surface area (Å²) >= 11 is 0. The Morgan fingerprint density at radius 1 is 1.19 bits per heavy atom. The quantitative estimate of drug-likeness (QED) is 0.881. The van der Waals surface area contributed by atoms with Crippen LogP contribution in [0.2, 0.25) is 0 Å². The summed E-state index contributed by atoms with van der Waals surface area (Å²) in [6.07, 6.45) is 6.78. The molecule has 3 rings (SSSR count). The van der Waals surface area contributed by atoms with Crippen molar-refractivity contribution in [2.45, 2.75) is 46.7 Å². The van der Waals surface area contributed by atoms with E-state index < -0.39 is 0 Å². The zero-order chi connectivity index (χ0) is 14.8. The predicted octanol–water partition coefficient (Wildman–Crippen LogP) is 3.36. The molecular weight excluding hydrogens is 258 g/mol. The van der Waals surface area contributed by atoms with Crippen LogP contribution in [0.15, 0.2) is 24.5 Å². The SMILES string of the molecule is Cc1cc(C)c(Cn2ccnc2CNCC2CC2)c(C)c1. The van der Waals surface area contributed by atoms with Gasteiger partial charge in [0.05, 0.1) is 6.54 Å². The van der Waals surface area contributed by atoms with E-state index >= 15 is 0 Å². The van der Waals surface area contributed by atoms with Crippen LogP contribution in [-0.2, 0) is 13.1 Å². The van der Waals surface area contributed by atoms with Crippen molar-refractivity contribution in [1.82, 2.24) is 14.9 Å². The Labute approximate surface area is 127 Å². The number of benzene rings is 1. The molecule has 2 aromatic rings. The highest BCUT2D eigenvalue weighted by atomic mass is 15.1. The van der Waals surface area contributed by atoms with E-state index in [0.717, 1.165) is 31.4 Å². The maximum Gasteiger partial charge on any atom is 0.122 e. The number of aromatic nitrogens is 2. The summed E-state index contributed by atoms with van der Waals surface area (Å²) in [6.45, 7) is 9.49. The van der Waals surface area contributed by atoms with Gasteiger partial charge in [0, 0.05) is 18.9 Å². The van der Waals surface area contributed by atoms with Gasteiger partial charge in [0.2, 0.25) is 0 Å². The lowest BCUT2D eigenvalue weighted by atomic mass is 10.00. The molecule has 0 radical (unpaired) electrons. The van der Waals surface area contributed by atoms with Crippen molar-refractivity contribution in [3.05, 3.63) is 52.6 Å². The highest BCUT2D eigenvalue weighted by Crippen LogP contribution is 2.27. The van der Waals surface area contributed by atoms with Gasteiger partial charge in [-0.15, -0.1) is 0 Å². The summed E-state index contributed by atoms with van der Waals surface area (Å²) in [5.74, 6) is 2.05. The number of hydrogen-bond donors (Lipinski definition) is 1. The number of rotatable bonds is 6. The fraction of sp³-hybridized carbons (Fsp3) is 0.500. The minimum atomic E-state index is 0.869. The minimum absolute atomic E-state index is 0.869. The summed E-state index contributed by atoms with van der Waals surface area (Å²) in [5.41, 5.74) is 5.50. The minimum Gasteiger partial charge on any atom is -0.329 e. The second-order valence-corrected chi connectivity index (χ2v) is 6.42. The van der Waals surface area contributed by atoms with Gasteiger partial charge in [-0.2, -0.15) is 0 Å². The molecule has 1 aliphatic carbocycles. The molecule has 3 nitrogen and oxygen atoms in total. The summed E-state index contributed by atoms with van der Waals surface area (Å²) in [7, 11) is 0. The molecule has 1 saturated carbocycles. The largest absolute Gasteiger partial charge is 0.329 e. The van der Waals surface area contributed by atoms with Gasteiger partial charge in [-0.1, -0.05) is 17.7 Å². The third-order valence-corrected chi connectivity index (χ3v) is 4.38. The Kier molecular flexibility index (Phi) is 4.11. The Bertz CT molecular complexity index is 600. The molecule has 0 spiro atoms. The van der Waals surface area contributed by atoms with Crippen LogP contribution in [0.5, 0.6) is 0 Å². The van der Waals surface area contributed by atoms with E-state index in [1.54, 1.807) is 0 Å². The van der Waals surface area contributed by atoms with Gasteiger partial charge in [-0.05, 0) is 62.8 Å². The zero-order valence-corrected chi connectivity index (χ0v) is 13.3. The molecule has 21 heavy (non-hydrogen) atoms. The molecular formula is C18H25N3. The van der Waals surface area contributed by atoms with Gasteiger partial charge in [0.1, 0.15) is 5.82 Å². The second-order valence-electron chi connectivity index (χ2n) is 6.42. The molecule has 0 atom stereocenters. The first-order valence-corrected chi connectivity index (χ1v) is 7.91. The molecule has 1 aromatic heterocycles. The van der Waals surface area contributed by atoms with Crippen LogP contribution < -0.4 is 5.32 Å². The average molecular weight is 283 g/mol. The standard InChI is InChI=1S/C18H25N3/c1-13-8-14(2)17(15(3)9-13)12-21-7-6-20-18(21)11-19-10-16-4-5-16/h6-9,16,19H,4-5,10-12H2,1-3H3. The summed E-state index contributed by atoms with van der Waals surface area (Å²) < 4.78 is 2.27. The van der Waals surface area contributed by atoms with Crippen molar-refractivity contribution in [2.24, 2.45) is 5.92 Å². The van der Waals surface area contributed by atoms with E-state index in [2.05, 4.69) is 54.0 Å². The van der Waals surface area contributed by atoms with E-state index in [-0.39, 0.29) is 0 Å². The number of aryl methyl sites for hydroxylation is 3. The van der Waals surface area contributed by atoms with Crippen molar-refractivity contribution in [1.29, 1.82) is 0 Å². The predicted molar refractivity (Wildman–Crippen MR) is 86.4 cm³/mol. The molecule has 112 valence electrons. The topological polar surface area (TPSA) is 29.9 Å². The van der Waals surface area contributed by atoms with Crippen LogP contribution >= 0.6 is 0 Å². The van der Waals surface area contributed by atoms with Crippen molar-refractivity contribution < 1.29 is 0 Å². The van der Waals surface area contributed by atoms with Gasteiger partial charge >= 0.3 is 0 Å². The van der Waals surface area contributed by atoms with Crippen molar-refractivity contribution >= 4 is 0 Å². The van der Waals surface area contributed by atoms with Gasteiger partial charge in [0.25, 0.3) is 0 Å². The van der Waals surface area contributed by atoms with E-state index in [0.29, 0.717) is 0 Å². The summed E-state index contributed by atoms with van der Waals surface area (Å²) in [5, 5.41) is 3.53. The lowest BCUT2D eigenvalue weighted by Gasteiger charge is -2.14. The molecule has 1 aromatic carbocycles. The van der Waals surface area contributed by atoms with Gasteiger partial charge in [-0.3, -0.25) is 0 Å². The Morgan fingerprint density at radius 3 is 2.57 bits per heavy atom. The molecule has 0 aliphatic heterocycles. The molecule has 1 N–H and O–H groups in total. The molecule has 1 fully saturated rings. The normalized spacial score (nSPS) is 14.6. The van der Waals surface area contributed by atoms with Crippen LogP contribution in [0.1, 0.15) is 40.9 Å². The lowest BCUT2D eigenvalue weighted by Crippen LogP contribution is -2.19. The molecule has 1 aliphatic rings. The Hall–Kier alpha value is -1.61. The van der Waals surface area contributed by atoms with Crippen LogP contribution in [0.3, 0.4) is 0 Å². The number of nitrogens with one attached hydrogen (secondary N) is 1. The van der Waals surface area contributed by atoms with E-state index in [1.165, 1.54) is 35.1 Å². The van der Waals surface area contributed by atoms with Gasteiger partial charge in [-0.25, -0.2) is 4.98 Å². The molecule has 0 bridgehead atoms. The molecule has 0 unspecified atom stereocenters. The highest BCUT2D eigenvalue weighted by molar-refractivity contribution is 5.37. The summed E-state index contributed by atoms with van der Waals surface area (Å²) in [6, 6.07) is 4.54. The highest BCUT2D eigenvalue weighted by Gasteiger charge is 2.20.